The average molecular weight is 354 g/mol. The Labute approximate surface area is 157 Å². The smallest absolute Gasteiger partial charge is 0.227 e. The molecule has 2 aromatic rings. The molecule has 1 aliphatic heterocycles. The molecule has 1 aromatic carbocycles. The van der Waals surface area contributed by atoms with Crippen LogP contribution < -0.4 is 14.7 Å². The molecule has 0 N–H and O–H groups in total. The Kier molecular flexibility index (Phi) is 6.31. The van der Waals surface area contributed by atoms with E-state index >= 15 is 0 Å². The molecule has 1 aromatic heterocycles. The van der Waals surface area contributed by atoms with Gasteiger partial charge in [0.15, 0.2) is 0 Å². The third kappa shape index (κ3) is 4.45. The molecule has 5 nitrogen and oxygen atoms in total. The number of rotatable bonds is 7. The molecule has 0 bridgehead atoms. The summed E-state index contributed by atoms with van der Waals surface area (Å²) in [4.78, 5) is 16.8. The molecule has 0 radical (unpaired) electrons. The minimum atomic E-state index is 0.884. The van der Waals surface area contributed by atoms with Crippen molar-refractivity contribution in [2.75, 3.05) is 54.0 Å². The fourth-order valence-electron chi connectivity index (χ4n) is 3.52. The maximum atomic E-state index is 4.91. The van der Waals surface area contributed by atoms with Crippen LogP contribution in [0.5, 0.6) is 0 Å². The lowest BCUT2D eigenvalue weighted by atomic mass is 10.2. The molecule has 0 atom stereocenters. The van der Waals surface area contributed by atoms with Crippen molar-refractivity contribution in [1.82, 2.24) is 9.97 Å². The predicted molar refractivity (Wildman–Crippen MR) is 110 cm³/mol. The van der Waals surface area contributed by atoms with Gasteiger partial charge in [0, 0.05) is 56.7 Å². The van der Waals surface area contributed by atoms with E-state index in [-0.39, 0.29) is 0 Å². The Morgan fingerprint density at radius 1 is 0.885 bits per heavy atom. The Hall–Kier alpha value is -2.30. The predicted octanol–water partition coefficient (Wildman–Crippen LogP) is 3.74. The van der Waals surface area contributed by atoms with Crippen LogP contribution in [0.4, 0.5) is 17.5 Å². The summed E-state index contributed by atoms with van der Waals surface area (Å²) in [5.41, 5.74) is 2.36. The minimum Gasteiger partial charge on any atom is -0.368 e. The molecule has 0 spiro atoms. The lowest BCUT2D eigenvalue weighted by molar-refractivity contribution is 0.643. The molecule has 0 saturated carbocycles. The van der Waals surface area contributed by atoms with Gasteiger partial charge in [0.2, 0.25) is 5.95 Å². The number of hydrogen-bond donors (Lipinski definition) is 0. The van der Waals surface area contributed by atoms with Gasteiger partial charge in [0.25, 0.3) is 0 Å². The van der Waals surface area contributed by atoms with Crippen LogP contribution in [0.15, 0.2) is 36.4 Å². The van der Waals surface area contributed by atoms with Crippen molar-refractivity contribution in [3.63, 3.8) is 0 Å². The summed E-state index contributed by atoms with van der Waals surface area (Å²) < 4.78 is 0. The van der Waals surface area contributed by atoms with Gasteiger partial charge in [-0.1, -0.05) is 32.0 Å². The number of piperazine rings is 1. The van der Waals surface area contributed by atoms with E-state index in [0.29, 0.717) is 0 Å². The summed E-state index contributed by atoms with van der Waals surface area (Å²) in [6.07, 6.45) is 2.23. The number of aryl methyl sites for hydroxylation is 1. The van der Waals surface area contributed by atoms with Crippen molar-refractivity contribution in [3.8, 4) is 0 Å². The van der Waals surface area contributed by atoms with Gasteiger partial charge in [0.05, 0.1) is 0 Å². The summed E-state index contributed by atoms with van der Waals surface area (Å²) in [6.45, 7) is 12.6. The van der Waals surface area contributed by atoms with Gasteiger partial charge in [-0.25, -0.2) is 4.98 Å². The van der Waals surface area contributed by atoms with Crippen LogP contribution in [-0.4, -0.2) is 49.2 Å². The molecule has 3 rings (SSSR count). The van der Waals surface area contributed by atoms with Crippen molar-refractivity contribution in [2.24, 2.45) is 0 Å². The zero-order valence-electron chi connectivity index (χ0n) is 16.4. The van der Waals surface area contributed by atoms with Crippen molar-refractivity contribution in [3.05, 3.63) is 42.1 Å². The van der Waals surface area contributed by atoms with Gasteiger partial charge < -0.3 is 14.7 Å². The van der Waals surface area contributed by atoms with Crippen LogP contribution >= 0.6 is 0 Å². The lowest BCUT2D eigenvalue weighted by Crippen LogP contribution is -2.47. The Bertz CT molecular complexity index is 674. The van der Waals surface area contributed by atoms with E-state index in [4.69, 9.17) is 9.97 Å². The molecule has 2 heterocycles. The van der Waals surface area contributed by atoms with E-state index in [1.807, 2.05) is 0 Å². The molecule has 0 amide bonds. The minimum absolute atomic E-state index is 0.884. The summed E-state index contributed by atoms with van der Waals surface area (Å²) >= 11 is 0. The zero-order valence-corrected chi connectivity index (χ0v) is 16.4. The number of aromatic nitrogens is 2. The molecule has 1 fully saturated rings. The number of benzene rings is 1. The third-order valence-electron chi connectivity index (χ3n) is 4.82. The fraction of sp³-hybridized carbons (Fsp3) is 0.524. The van der Waals surface area contributed by atoms with E-state index in [0.717, 1.165) is 69.6 Å². The second-order valence-electron chi connectivity index (χ2n) is 6.96. The molecular weight excluding hydrogens is 322 g/mol. The second-order valence-corrected chi connectivity index (χ2v) is 6.96. The summed E-state index contributed by atoms with van der Waals surface area (Å²) in [5, 5.41) is 0. The largest absolute Gasteiger partial charge is 0.368 e. The Morgan fingerprint density at radius 3 is 2.12 bits per heavy atom. The van der Waals surface area contributed by atoms with Gasteiger partial charge >= 0.3 is 0 Å². The monoisotopic (exact) mass is 353 g/mol. The molecule has 26 heavy (non-hydrogen) atoms. The molecule has 0 unspecified atom stereocenters. The van der Waals surface area contributed by atoms with Crippen LogP contribution in [0.25, 0.3) is 0 Å². The summed E-state index contributed by atoms with van der Waals surface area (Å²) in [6, 6.07) is 12.8. The highest BCUT2D eigenvalue weighted by atomic mass is 15.3. The van der Waals surface area contributed by atoms with Crippen molar-refractivity contribution in [2.45, 2.75) is 33.6 Å². The summed E-state index contributed by atoms with van der Waals surface area (Å²) in [7, 11) is 0. The van der Waals surface area contributed by atoms with Crippen LogP contribution in [0.3, 0.4) is 0 Å². The fourth-order valence-corrected chi connectivity index (χ4v) is 3.52. The third-order valence-corrected chi connectivity index (χ3v) is 4.82. The number of para-hydroxylation sites is 1. The topological polar surface area (TPSA) is 35.5 Å². The van der Waals surface area contributed by atoms with Crippen LogP contribution in [0.1, 0.15) is 32.4 Å². The molecule has 140 valence electrons. The maximum Gasteiger partial charge on any atom is 0.227 e. The normalized spacial score (nSPS) is 14.6. The average Bonchev–Trinajstić information content (AvgIpc) is 2.68. The van der Waals surface area contributed by atoms with E-state index < -0.39 is 0 Å². The van der Waals surface area contributed by atoms with Gasteiger partial charge in [-0.05, 0) is 31.9 Å². The van der Waals surface area contributed by atoms with Crippen molar-refractivity contribution in [1.29, 1.82) is 0 Å². The second kappa shape index (κ2) is 8.88. The van der Waals surface area contributed by atoms with E-state index in [2.05, 4.69) is 71.9 Å². The first-order valence-electron chi connectivity index (χ1n) is 9.86. The van der Waals surface area contributed by atoms with Crippen LogP contribution in [-0.2, 0) is 0 Å². The van der Waals surface area contributed by atoms with Gasteiger partial charge in [0.1, 0.15) is 5.82 Å². The van der Waals surface area contributed by atoms with Crippen molar-refractivity contribution >= 4 is 17.5 Å². The van der Waals surface area contributed by atoms with E-state index in [1.54, 1.807) is 0 Å². The standard InChI is InChI=1S/C21H31N5/c1-4-11-26(12-5-2)21-22-18(3)17-20(23-21)25-15-13-24(14-16-25)19-9-7-6-8-10-19/h6-10,17H,4-5,11-16H2,1-3H3. The zero-order chi connectivity index (χ0) is 18.4. The molecule has 0 aliphatic carbocycles. The first kappa shape index (κ1) is 18.5. The maximum absolute atomic E-state index is 4.91. The first-order chi connectivity index (χ1) is 12.7. The first-order valence-corrected chi connectivity index (χ1v) is 9.86. The lowest BCUT2D eigenvalue weighted by Gasteiger charge is -2.37. The molecule has 1 saturated heterocycles. The highest BCUT2D eigenvalue weighted by Gasteiger charge is 2.20. The van der Waals surface area contributed by atoms with Crippen LogP contribution in [0, 0.1) is 6.92 Å². The van der Waals surface area contributed by atoms with Crippen LogP contribution in [0.2, 0.25) is 0 Å². The number of nitrogens with zero attached hydrogens (tertiary/aromatic N) is 5. The van der Waals surface area contributed by atoms with Gasteiger partial charge in [-0.15, -0.1) is 0 Å². The van der Waals surface area contributed by atoms with Crippen molar-refractivity contribution < 1.29 is 0 Å². The van der Waals surface area contributed by atoms with Gasteiger partial charge in [-0.2, -0.15) is 4.98 Å². The van der Waals surface area contributed by atoms with E-state index in [9.17, 15) is 0 Å². The van der Waals surface area contributed by atoms with Gasteiger partial charge in [-0.3, -0.25) is 0 Å². The highest BCUT2D eigenvalue weighted by Crippen LogP contribution is 2.22. The molecule has 5 heteroatoms. The highest BCUT2D eigenvalue weighted by molar-refractivity contribution is 5.51. The summed E-state index contributed by atoms with van der Waals surface area (Å²) in [5.74, 6) is 1.95. The molecule has 1 aliphatic rings. The number of anilines is 3. The Morgan fingerprint density at radius 2 is 1.50 bits per heavy atom. The quantitative estimate of drug-likeness (QED) is 0.758. The Balaban J connectivity index is 1.72. The molecular formula is C21H31N5. The SMILES string of the molecule is CCCN(CCC)c1nc(C)cc(N2CCN(c3ccccc3)CC2)n1. The number of hydrogen-bond acceptors (Lipinski definition) is 5. The van der Waals surface area contributed by atoms with E-state index in [1.165, 1.54) is 5.69 Å².